The molecule has 0 saturated heterocycles. The van der Waals surface area contributed by atoms with Crippen LogP contribution in [0.5, 0.6) is 5.88 Å². The molecule has 0 fully saturated rings. The van der Waals surface area contributed by atoms with Crippen molar-refractivity contribution in [3.63, 3.8) is 0 Å². The largest absolute Gasteiger partial charge is 0.534 e. The zero-order valence-corrected chi connectivity index (χ0v) is 8.71. The topological polar surface area (TPSA) is 84.9 Å². The number of alkyl halides is 3. The van der Waals surface area contributed by atoms with Gasteiger partial charge in [0.1, 0.15) is 0 Å². The first kappa shape index (κ1) is 11.6. The van der Waals surface area contributed by atoms with Crippen molar-refractivity contribution < 1.29 is 25.8 Å². The molecule has 2 heterocycles. The van der Waals surface area contributed by atoms with Crippen LogP contribution in [0.3, 0.4) is 0 Å². The molecule has 0 unspecified atom stereocenters. The van der Waals surface area contributed by atoms with Gasteiger partial charge < -0.3 is 9.17 Å². The second kappa shape index (κ2) is 3.58. The van der Waals surface area contributed by atoms with Gasteiger partial charge in [0, 0.05) is 17.6 Å². The molecule has 0 atom stereocenters. The van der Waals surface area contributed by atoms with Crippen molar-refractivity contribution in [3.05, 3.63) is 18.3 Å². The van der Waals surface area contributed by atoms with Crippen molar-refractivity contribution in [1.82, 2.24) is 15.2 Å². The van der Waals surface area contributed by atoms with E-state index in [0.717, 1.165) is 6.07 Å². The molecule has 92 valence electrons. The van der Waals surface area contributed by atoms with E-state index in [4.69, 9.17) is 0 Å². The summed E-state index contributed by atoms with van der Waals surface area (Å²) < 4.78 is 61.2. The standard InChI is InChI=1S/C7H4F3N3O3S/c8-7(9,10)17(14,15)16-5-3-4-1-2-11-6(4)13-12-5/h1-3H,(H,11,13). The summed E-state index contributed by atoms with van der Waals surface area (Å²) >= 11 is 0. The fraction of sp³-hybridized carbons (Fsp3) is 0.143. The van der Waals surface area contributed by atoms with E-state index >= 15 is 0 Å². The number of rotatable bonds is 2. The van der Waals surface area contributed by atoms with Crippen LogP contribution >= 0.6 is 0 Å². The van der Waals surface area contributed by atoms with Gasteiger partial charge in [0.05, 0.1) is 0 Å². The maximum atomic E-state index is 12.0. The fourth-order valence-electron chi connectivity index (χ4n) is 1.04. The Morgan fingerprint density at radius 1 is 1.29 bits per heavy atom. The molecule has 0 aliphatic carbocycles. The quantitative estimate of drug-likeness (QED) is 0.652. The molecule has 0 aliphatic rings. The van der Waals surface area contributed by atoms with Gasteiger partial charge in [-0.15, -0.1) is 10.2 Å². The third-order valence-electron chi connectivity index (χ3n) is 1.76. The minimum Gasteiger partial charge on any atom is -0.354 e. The van der Waals surface area contributed by atoms with Crippen molar-refractivity contribution in [2.24, 2.45) is 0 Å². The first-order chi connectivity index (χ1) is 7.79. The molecule has 0 aliphatic heterocycles. The Labute approximate surface area is 92.5 Å². The first-order valence-electron chi connectivity index (χ1n) is 4.11. The average molecular weight is 267 g/mol. The third-order valence-corrected chi connectivity index (χ3v) is 2.72. The smallest absolute Gasteiger partial charge is 0.354 e. The van der Waals surface area contributed by atoms with Gasteiger partial charge in [-0.25, -0.2) is 0 Å². The number of nitrogens with zero attached hydrogens (tertiary/aromatic N) is 2. The van der Waals surface area contributed by atoms with Crippen LogP contribution in [0.15, 0.2) is 18.3 Å². The molecule has 17 heavy (non-hydrogen) atoms. The van der Waals surface area contributed by atoms with Crippen LogP contribution in [-0.4, -0.2) is 29.1 Å². The summed E-state index contributed by atoms with van der Waals surface area (Å²) in [6, 6.07) is 2.51. The number of aromatic amines is 1. The number of fused-ring (bicyclic) bond motifs is 1. The normalized spacial score (nSPS) is 12.9. The van der Waals surface area contributed by atoms with Gasteiger partial charge in [-0.3, -0.25) is 0 Å². The van der Waals surface area contributed by atoms with Gasteiger partial charge in [-0.2, -0.15) is 21.6 Å². The number of H-pyrrole nitrogens is 1. The second-order valence-corrected chi connectivity index (χ2v) is 4.49. The highest BCUT2D eigenvalue weighted by molar-refractivity contribution is 7.87. The Bertz CT molecular complexity index is 649. The molecule has 0 radical (unpaired) electrons. The summed E-state index contributed by atoms with van der Waals surface area (Å²) in [5.74, 6) is -0.741. The monoisotopic (exact) mass is 267 g/mol. The lowest BCUT2D eigenvalue weighted by atomic mass is 10.4. The first-order valence-corrected chi connectivity index (χ1v) is 5.52. The number of nitrogens with one attached hydrogen (secondary N) is 1. The molecule has 2 rings (SSSR count). The molecular weight excluding hydrogens is 263 g/mol. The Morgan fingerprint density at radius 2 is 2.00 bits per heavy atom. The Hall–Kier alpha value is -1.84. The molecule has 1 N–H and O–H groups in total. The minimum absolute atomic E-state index is 0.307. The van der Waals surface area contributed by atoms with E-state index in [9.17, 15) is 21.6 Å². The molecule has 0 saturated carbocycles. The van der Waals surface area contributed by atoms with E-state index in [2.05, 4.69) is 19.4 Å². The lowest BCUT2D eigenvalue weighted by Gasteiger charge is -2.07. The summed E-state index contributed by atoms with van der Waals surface area (Å²) in [4.78, 5) is 2.64. The van der Waals surface area contributed by atoms with E-state index in [1.807, 2.05) is 0 Å². The lowest BCUT2D eigenvalue weighted by molar-refractivity contribution is -0.0501. The highest BCUT2D eigenvalue weighted by Crippen LogP contribution is 2.26. The summed E-state index contributed by atoms with van der Waals surface area (Å²) in [6.07, 6.45) is 1.47. The summed E-state index contributed by atoms with van der Waals surface area (Å²) in [6.45, 7) is 0. The number of aromatic nitrogens is 3. The molecule has 0 amide bonds. The predicted molar refractivity (Wildman–Crippen MR) is 49.5 cm³/mol. The SMILES string of the molecule is O=S(=O)(Oc1cc2cc[nH]c2nn1)C(F)(F)F. The maximum Gasteiger partial charge on any atom is 0.534 e. The van der Waals surface area contributed by atoms with E-state index in [1.54, 1.807) is 0 Å². The van der Waals surface area contributed by atoms with Crippen molar-refractivity contribution in [1.29, 1.82) is 0 Å². The van der Waals surface area contributed by atoms with Crippen LogP contribution in [0.1, 0.15) is 0 Å². The van der Waals surface area contributed by atoms with Crippen molar-refractivity contribution in [3.8, 4) is 5.88 Å². The molecule has 0 bridgehead atoms. The predicted octanol–water partition coefficient (Wildman–Crippen LogP) is 1.19. The maximum absolute atomic E-state index is 12.0. The Balaban J connectivity index is 2.36. The molecule has 2 aromatic heterocycles. The van der Waals surface area contributed by atoms with Crippen molar-refractivity contribution in [2.75, 3.05) is 0 Å². The van der Waals surface area contributed by atoms with E-state index in [-0.39, 0.29) is 0 Å². The van der Waals surface area contributed by atoms with Crippen molar-refractivity contribution in [2.45, 2.75) is 5.51 Å². The van der Waals surface area contributed by atoms with Gasteiger partial charge in [-0.05, 0) is 6.07 Å². The molecule has 10 heteroatoms. The zero-order chi connectivity index (χ0) is 12.7. The third kappa shape index (κ3) is 2.16. The molecule has 0 spiro atoms. The van der Waals surface area contributed by atoms with Gasteiger partial charge in [0.15, 0.2) is 5.65 Å². The zero-order valence-electron chi connectivity index (χ0n) is 7.89. The van der Waals surface area contributed by atoms with Crippen LogP contribution in [0.2, 0.25) is 0 Å². The summed E-state index contributed by atoms with van der Waals surface area (Å²) in [5.41, 5.74) is -5.19. The van der Waals surface area contributed by atoms with Crippen LogP contribution in [0, 0.1) is 0 Å². The highest BCUT2D eigenvalue weighted by Gasteiger charge is 2.48. The van der Waals surface area contributed by atoms with E-state index in [0.29, 0.717) is 11.0 Å². The van der Waals surface area contributed by atoms with Crippen LogP contribution in [-0.2, 0) is 10.1 Å². The average Bonchev–Trinajstić information content (AvgIpc) is 2.62. The lowest BCUT2D eigenvalue weighted by Crippen LogP contribution is -2.28. The molecule has 0 aromatic carbocycles. The minimum atomic E-state index is -5.72. The van der Waals surface area contributed by atoms with E-state index in [1.165, 1.54) is 12.3 Å². The number of hydrogen-bond donors (Lipinski definition) is 1. The summed E-state index contributed by atoms with van der Waals surface area (Å²) in [5, 5.41) is 7.02. The van der Waals surface area contributed by atoms with Gasteiger partial charge >= 0.3 is 15.6 Å². The van der Waals surface area contributed by atoms with Gasteiger partial charge in [-0.1, -0.05) is 0 Å². The Kier molecular flexibility index (Phi) is 2.45. The van der Waals surface area contributed by atoms with E-state index < -0.39 is 21.5 Å². The molecule has 6 nitrogen and oxygen atoms in total. The van der Waals surface area contributed by atoms with Crippen LogP contribution in [0.4, 0.5) is 13.2 Å². The molecule has 2 aromatic rings. The second-order valence-electron chi connectivity index (χ2n) is 2.95. The van der Waals surface area contributed by atoms with Crippen LogP contribution in [0.25, 0.3) is 11.0 Å². The molecular formula is C7H4F3N3O3S. The highest BCUT2D eigenvalue weighted by atomic mass is 32.2. The Morgan fingerprint density at radius 3 is 2.65 bits per heavy atom. The fourth-order valence-corrected chi connectivity index (χ4v) is 1.44. The number of halogens is 3. The summed E-state index contributed by atoms with van der Waals surface area (Å²) in [7, 11) is -5.72. The van der Waals surface area contributed by atoms with Crippen molar-refractivity contribution >= 4 is 21.2 Å². The van der Waals surface area contributed by atoms with Crippen LogP contribution < -0.4 is 4.18 Å². The van der Waals surface area contributed by atoms with Gasteiger partial charge in [0.25, 0.3) is 5.88 Å². The number of hydrogen-bond acceptors (Lipinski definition) is 5. The van der Waals surface area contributed by atoms with Gasteiger partial charge in [0.2, 0.25) is 0 Å².